The van der Waals surface area contributed by atoms with E-state index in [1.165, 1.54) is 0 Å². The van der Waals surface area contributed by atoms with Crippen LogP contribution in [0.15, 0.2) is 6.20 Å². The predicted octanol–water partition coefficient (Wildman–Crippen LogP) is 0.997. The van der Waals surface area contributed by atoms with E-state index in [2.05, 4.69) is 30.1 Å². The van der Waals surface area contributed by atoms with Crippen LogP contribution in [0.4, 0.5) is 0 Å². The minimum absolute atomic E-state index is 0.0367. The molecule has 0 bridgehead atoms. The zero-order valence-electron chi connectivity index (χ0n) is 22.0. The van der Waals surface area contributed by atoms with E-state index < -0.39 is 0 Å². The summed E-state index contributed by atoms with van der Waals surface area (Å²) in [6.07, 6.45) is 4.34. The number of aryl methyl sites for hydroxylation is 2. The summed E-state index contributed by atoms with van der Waals surface area (Å²) in [5.41, 5.74) is 3.85. The van der Waals surface area contributed by atoms with E-state index in [0.717, 1.165) is 74.0 Å². The van der Waals surface area contributed by atoms with E-state index in [0.29, 0.717) is 37.2 Å². The number of likely N-dealkylation sites (tertiary alicyclic amines) is 2. The van der Waals surface area contributed by atoms with Gasteiger partial charge < -0.3 is 19.9 Å². The number of hydrogen-bond acceptors (Lipinski definition) is 10. The van der Waals surface area contributed by atoms with Crippen molar-refractivity contribution in [1.82, 2.24) is 35.1 Å². The minimum atomic E-state index is 0.0367. The number of nitrogens with one attached hydrogen (secondary N) is 1. The van der Waals surface area contributed by atoms with E-state index in [9.17, 15) is 9.90 Å². The van der Waals surface area contributed by atoms with Gasteiger partial charge in [0.1, 0.15) is 18.0 Å². The monoisotopic (exact) mass is 511 g/mol. The predicted molar refractivity (Wildman–Crippen MR) is 135 cm³/mol. The van der Waals surface area contributed by atoms with Gasteiger partial charge in [0.05, 0.1) is 24.2 Å². The summed E-state index contributed by atoms with van der Waals surface area (Å²) in [5.74, 6) is 1.48. The smallest absolute Gasteiger partial charge is 0.237 e. The van der Waals surface area contributed by atoms with Gasteiger partial charge in [0.15, 0.2) is 0 Å². The molecule has 3 aliphatic heterocycles. The molecule has 0 aromatic carbocycles. The molecule has 2 unspecified atom stereocenters. The van der Waals surface area contributed by atoms with Crippen molar-refractivity contribution in [2.24, 2.45) is 11.3 Å². The third-order valence-electron chi connectivity index (χ3n) is 7.76. The number of methoxy groups -OCH3 is 1. The van der Waals surface area contributed by atoms with Gasteiger partial charge in [0, 0.05) is 57.4 Å². The van der Waals surface area contributed by atoms with Crippen LogP contribution in [0.5, 0.6) is 11.8 Å². The van der Waals surface area contributed by atoms with E-state index in [-0.39, 0.29) is 24.5 Å². The molecule has 2 aromatic rings. The molecule has 37 heavy (non-hydrogen) atoms. The molecule has 2 aromatic heterocycles. The molecule has 0 saturated carbocycles. The average Bonchev–Trinajstić information content (AvgIpc) is 3.60. The Hall–Kier alpha value is -2.89. The van der Waals surface area contributed by atoms with Crippen LogP contribution in [-0.2, 0) is 24.5 Å². The van der Waals surface area contributed by atoms with Gasteiger partial charge in [-0.05, 0) is 45.7 Å². The van der Waals surface area contributed by atoms with Crippen molar-refractivity contribution >= 4 is 5.91 Å². The highest BCUT2D eigenvalue weighted by atomic mass is 16.5. The van der Waals surface area contributed by atoms with E-state index in [1.807, 2.05) is 13.8 Å². The molecular formula is C26H37N7O4. The van der Waals surface area contributed by atoms with Gasteiger partial charge in [-0.3, -0.25) is 19.6 Å². The van der Waals surface area contributed by atoms with Crippen LogP contribution in [0.1, 0.15) is 47.7 Å². The first-order chi connectivity index (χ1) is 17.9. The molecular weight excluding hydrogens is 474 g/mol. The lowest BCUT2D eigenvalue weighted by Crippen LogP contribution is -2.29. The van der Waals surface area contributed by atoms with Crippen LogP contribution in [0, 0.1) is 25.2 Å². The lowest BCUT2D eigenvalue weighted by atomic mass is 9.86. The van der Waals surface area contributed by atoms with Gasteiger partial charge in [0.2, 0.25) is 17.7 Å². The number of ether oxygens (including phenoxy) is 2. The molecule has 11 nitrogen and oxygen atoms in total. The number of aliphatic hydroxyl groups excluding tert-OH is 1. The number of rotatable bonds is 9. The number of hydrogen-bond donors (Lipinski definition) is 2. The molecule has 5 rings (SSSR count). The second kappa shape index (κ2) is 10.8. The van der Waals surface area contributed by atoms with Crippen LogP contribution in [0.25, 0.3) is 0 Å². The molecule has 0 radical (unpaired) electrons. The first-order valence-corrected chi connectivity index (χ1v) is 13.0. The highest BCUT2D eigenvalue weighted by Gasteiger charge is 2.43. The fourth-order valence-corrected chi connectivity index (χ4v) is 5.65. The summed E-state index contributed by atoms with van der Waals surface area (Å²) in [6.45, 7) is 9.76. The molecule has 3 fully saturated rings. The summed E-state index contributed by atoms with van der Waals surface area (Å²) in [5, 5.41) is 12.5. The van der Waals surface area contributed by atoms with Gasteiger partial charge in [0.25, 0.3) is 0 Å². The second-order valence-electron chi connectivity index (χ2n) is 10.8. The summed E-state index contributed by atoms with van der Waals surface area (Å²) in [6, 6.07) is 0. The third kappa shape index (κ3) is 5.83. The molecule has 200 valence electrons. The minimum Gasteiger partial charge on any atom is -0.480 e. The van der Waals surface area contributed by atoms with Crippen LogP contribution in [0.2, 0.25) is 0 Å². The van der Waals surface area contributed by atoms with Crippen molar-refractivity contribution in [1.29, 1.82) is 0 Å². The maximum atomic E-state index is 11.8. The van der Waals surface area contributed by atoms with Crippen molar-refractivity contribution in [3.63, 3.8) is 0 Å². The number of nitrogens with zero attached hydrogens (tertiary/aromatic N) is 6. The zero-order chi connectivity index (χ0) is 26.0. The maximum absolute atomic E-state index is 11.8. The van der Waals surface area contributed by atoms with Crippen molar-refractivity contribution in [3.05, 3.63) is 34.7 Å². The third-order valence-corrected chi connectivity index (χ3v) is 7.76. The average molecular weight is 512 g/mol. The van der Waals surface area contributed by atoms with Crippen molar-refractivity contribution < 1.29 is 19.4 Å². The Balaban J connectivity index is 1.28. The normalized spacial score (nSPS) is 24.2. The number of carbonyl (C=O) groups excluding carboxylic acids is 1. The first-order valence-electron chi connectivity index (χ1n) is 13.0. The van der Waals surface area contributed by atoms with Crippen molar-refractivity contribution in [3.8, 4) is 11.8 Å². The van der Waals surface area contributed by atoms with Crippen LogP contribution in [0.3, 0.4) is 0 Å². The van der Waals surface area contributed by atoms with E-state index in [1.54, 1.807) is 13.3 Å². The highest BCUT2D eigenvalue weighted by molar-refractivity contribution is 5.79. The summed E-state index contributed by atoms with van der Waals surface area (Å²) >= 11 is 0. The summed E-state index contributed by atoms with van der Waals surface area (Å²) < 4.78 is 11.7. The lowest BCUT2D eigenvalue weighted by Gasteiger charge is -2.22. The summed E-state index contributed by atoms with van der Waals surface area (Å²) in [7, 11) is 1.61. The molecule has 0 aliphatic carbocycles. The number of amides is 1. The Morgan fingerprint density at radius 3 is 2.68 bits per heavy atom. The Morgan fingerprint density at radius 1 is 1.11 bits per heavy atom. The standard InChI is InChI=1S/C26H37N7O4/c1-17-9-27-20(11-33-7-5-26(16-33)8-23(35)28-15-26)25(29-17)37-14-22-18(2)30-24(36-3)21(31-22)12-32-6-4-19(10-32)13-34/h9,19,34H,4-8,10-16H2,1-3H3,(H,28,35). The first kappa shape index (κ1) is 25.7. The Morgan fingerprint density at radius 2 is 1.95 bits per heavy atom. The van der Waals surface area contributed by atoms with E-state index >= 15 is 0 Å². The largest absolute Gasteiger partial charge is 0.480 e. The SMILES string of the molecule is COc1nc(C)c(COc2nc(C)cnc2CN2CCC3(CNC(=O)C3)C2)nc1CN1CCC(CO)C1. The quantitative estimate of drug-likeness (QED) is 0.503. The molecule has 1 amide bonds. The number of aliphatic hydroxyl groups is 1. The molecule has 3 aliphatic rings. The maximum Gasteiger partial charge on any atom is 0.237 e. The summed E-state index contributed by atoms with van der Waals surface area (Å²) in [4.78, 5) is 35.2. The molecule has 2 atom stereocenters. The Kier molecular flexibility index (Phi) is 7.55. The number of aromatic nitrogens is 4. The fraction of sp³-hybridized carbons (Fsp3) is 0.654. The zero-order valence-corrected chi connectivity index (χ0v) is 22.0. The van der Waals surface area contributed by atoms with Gasteiger partial charge in [-0.15, -0.1) is 0 Å². The lowest BCUT2D eigenvalue weighted by molar-refractivity contribution is -0.119. The Labute approximate surface area is 217 Å². The van der Waals surface area contributed by atoms with Gasteiger partial charge in [-0.25, -0.2) is 15.0 Å². The second-order valence-corrected chi connectivity index (χ2v) is 10.8. The Bertz CT molecular complexity index is 1150. The molecule has 1 spiro atoms. The van der Waals surface area contributed by atoms with Crippen LogP contribution in [-0.4, -0.2) is 87.2 Å². The molecule has 3 saturated heterocycles. The molecule has 2 N–H and O–H groups in total. The topological polar surface area (TPSA) is 126 Å². The van der Waals surface area contributed by atoms with E-state index in [4.69, 9.17) is 14.5 Å². The van der Waals surface area contributed by atoms with Gasteiger partial charge in [-0.1, -0.05) is 0 Å². The van der Waals surface area contributed by atoms with Crippen molar-refractivity contribution in [2.75, 3.05) is 46.4 Å². The highest BCUT2D eigenvalue weighted by Crippen LogP contribution is 2.37. The molecule has 5 heterocycles. The van der Waals surface area contributed by atoms with Crippen molar-refractivity contribution in [2.45, 2.75) is 52.8 Å². The fourth-order valence-electron chi connectivity index (χ4n) is 5.65. The van der Waals surface area contributed by atoms with Gasteiger partial charge in [-0.2, -0.15) is 0 Å². The number of carbonyl (C=O) groups is 1. The van der Waals surface area contributed by atoms with Crippen LogP contribution < -0.4 is 14.8 Å². The van der Waals surface area contributed by atoms with Crippen LogP contribution >= 0.6 is 0 Å². The molecule has 11 heteroatoms. The van der Waals surface area contributed by atoms with Gasteiger partial charge >= 0.3 is 0 Å².